The SMILES string of the molecule is CCC(CC)(CCC=C(C)c1cc(COc2ccc(C(=O)OC)c(C(=O)OC)c2)cs1)O[Si](CC)(CC)CC. The molecular formula is C31H46O6SSi. The minimum Gasteiger partial charge on any atom is -0.489 e. The van der Waals surface area contributed by atoms with Gasteiger partial charge in [-0.25, -0.2) is 9.59 Å². The first-order chi connectivity index (χ1) is 18.7. The first-order valence-corrected chi connectivity index (χ1v) is 17.4. The lowest BCUT2D eigenvalue weighted by atomic mass is 9.91. The molecule has 0 radical (unpaired) electrons. The van der Waals surface area contributed by atoms with E-state index in [2.05, 4.69) is 59.1 Å². The van der Waals surface area contributed by atoms with Crippen molar-refractivity contribution in [3.63, 3.8) is 0 Å². The maximum Gasteiger partial charge on any atom is 0.338 e. The third-order valence-electron chi connectivity index (χ3n) is 7.95. The van der Waals surface area contributed by atoms with Gasteiger partial charge in [0.25, 0.3) is 0 Å². The largest absolute Gasteiger partial charge is 0.489 e. The third-order valence-corrected chi connectivity index (χ3v) is 13.8. The highest BCUT2D eigenvalue weighted by atomic mass is 32.1. The van der Waals surface area contributed by atoms with E-state index >= 15 is 0 Å². The van der Waals surface area contributed by atoms with E-state index in [1.54, 1.807) is 17.4 Å². The normalized spacial score (nSPS) is 12.4. The molecule has 216 valence electrons. The van der Waals surface area contributed by atoms with Crippen molar-refractivity contribution in [1.29, 1.82) is 0 Å². The van der Waals surface area contributed by atoms with Crippen LogP contribution in [-0.2, 0) is 20.5 Å². The minimum atomic E-state index is -1.67. The molecule has 0 saturated heterocycles. The summed E-state index contributed by atoms with van der Waals surface area (Å²) >= 11 is 1.70. The molecule has 0 N–H and O–H groups in total. The van der Waals surface area contributed by atoms with Crippen molar-refractivity contribution in [2.75, 3.05) is 14.2 Å². The van der Waals surface area contributed by atoms with E-state index in [0.29, 0.717) is 12.4 Å². The third kappa shape index (κ3) is 8.53. The van der Waals surface area contributed by atoms with Crippen LogP contribution >= 0.6 is 11.3 Å². The van der Waals surface area contributed by atoms with Gasteiger partial charge in [0.05, 0.1) is 30.9 Å². The van der Waals surface area contributed by atoms with E-state index in [1.165, 1.54) is 54.9 Å². The predicted octanol–water partition coefficient (Wildman–Crippen LogP) is 8.66. The molecule has 1 aromatic carbocycles. The summed E-state index contributed by atoms with van der Waals surface area (Å²) in [4.78, 5) is 25.4. The molecular weight excluding hydrogens is 528 g/mol. The van der Waals surface area contributed by atoms with Gasteiger partial charge in [0.1, 0.15) is 12.4 Å². The number of hydrogen-bond acceptors (Lipinski definition) is 7. The summed E-state index contributed by atoms with van der Waals surface area (Å²) in [7, 11) is 0.869. The fraction of sp³-hybridized carbons (Fsp3) is 0.548. The van der Waals surface area contributed by atoms with E-state index in [0.717, 1.165) is 31.2 Å². The van der Waals surface area contributed by atoms with Gasteiger partial charge in [0.15, 0.2) is 8.32 Å². The summed E-state index contributed by atoms with van der Waals surface area (Å²) in [6, 6.07) is 10.4. The number of methoxy groups -OCH3 is 2. The van der Waals surface area contributed by atoms with E-state index in [9.17, 15) is 9.59 Å². The molecule has 0 unspecified atom stereocenters. The molecule has 0 amide bonds. The second-order valence-electron chi connectivity index (χ2n) is 9.96. The average Bonchev–Trinajstić information content (AvgIpc) is 3.46. The van der Waals surface area contributed by atoms with Gasteiger partial charge in [-0.05, 0) is 86.0 Å². The summed E-state index contributed by atoms with van der Waals surface area (Å²) in [5.74, 6) is -0.743. The molecule has 2 aromatic rings. The molecule has 1 aromatic heterocycles. The average molecular weight is 575 g/mol. The summed E-state index contributed by atoms with van der Waals surface area (Å²) in [6.45, 7) is 13.9. The molecule has 0 aliphatic heterocycles. The lowest BCUT2D eigenvalue weighted by Gasteiger charge is -2.42. The molecule has 0 bridgehead atoms. The van der Waals surface area contributed by atoms with Crippen molar-refractivity contribution in [2.45, 2.75) is 97.6 Å². The van der Waals surface area contributed by atoms with Crippen molar-refractivity contribution in [3.8, 4) is 5.75 Å². The van der Waals surface area contributed by atoms with Gasteiger partial charge in [-0.1, -0.05) is 40.7 Å². The Morgan fingerprint density at radius 3 is 2.10 bits per heavy atom. The van der Waals surface area contributed by atoms with Crippen LogP contribution in [0.25, 0.3) is 5.57 Å². The number of ether oxygens (including phenoxy) is 3. The topological polar surface area (TPSA) is 71.1 Å². The number of allylic oxidation sites excluding steroid dienone is 2. The molecule has 0 spiro atoms. The lowest BCUT2D eigenvalue weighted by Crippen LogP contribution is -2.46. The molecule has 39 heavy (non-hydrogen) atoms. The first-order valence-electron chi connectivity index (χ1n) is 14.0. The van der Waals surface area contributed by atoms with Crippen LogP contribution in [0.1, 0.15) is 98.4 Å². The fourth-order valence-electron chi connectivity index (χ4n) is 4.88. The molecule has 6 nitrogen and oxygen atoms in total. The van der Waals surface area contributed by atoms with Gasteiger partial charge < -0.3 is 18.6 Å². The predicted molar refractivity (Wildman–Crippen MR) is 162 cm³/mol. The van der Waals surface area contributed by atoms with Gasteiger partial charge in [0, 0.05) is 10.4 Å². The van der Waals surface area contributed by atoms with Gasteiger partial charge in [-0.15, -0.1) is 11.3 Å². The smallest absolute Gasteiger partial charge is 0.338 e. The van der Waals surface area contributed by atoms with Gasteiger partial charge >= 0.3 is 11.9 Å². The van der Waals surface area contributed by atoms with Crippen LogP contribution in [0.15, 0.2) is 35.7 Å². The highest BCUT2D eigenvalue weighted by molar-refractivity contribution is 7.11. The van der Waals surface area contributed by atoms with E-state index in [4.69, 9.17) is 18.6 Å². The van der Waals surface area contributed by atoms with Crippen LogP contribution in [-0.4, -0.2) is 40.1 Å². The van der Waals surface area contributed by atoms with Gasteiger partial charge in [-0.3, -0.25) is 0 Å². The molecule has 0 fully saturated rings. The number of carbonyl (C=O) groups excluding carboxylic acids is 2. The van der Waals surface area contributed by atoms with Gasteiger partial charge in [-0.2, -0.15) is 0 Å². The fourth-order valence-corrected chi connectivity index (χ4v) is 9.03. The highest BCUT2D eigenvalue weighted by Gasteiger charge is 2.38. The van der Waals surface area contributed by atoms with Crippen LogP contribution in [0.5, 0.6) is 5.75 Å². The number of carbonyl (C=O) groups is 2. The Balaban J connectivity index is 2.07. The van der Waals surface area contributed by atoms with Crippen LogP contribution in [0.2, 0.25) is 18.1 Å². The second kappa shape index (κ2) is 15.4. The van der Waals surface area contributed by atoms with Crippen LogP contribution in [0.4, 0.5) is 0 Å². The Labute approximate surface area is 239 Å². The van der Waals surface area contributed by atoms with Crippen molar-refractivity contribution < 1.29 is 28.2 Å². The minimum absolute atomic E-state index is 0.0358. The molecule has 8 heteroatoms. The summed E-state index contributed by atoms with van der Waals surface area (Å²) in [5.41, 5.74) is 2.52. The van der Waals surface area contributed by atoms with E-state index in [1.807, 2.05) is 0 Å². The Morgan fingerprint density at radius 2 is 1.54 bits per heavy atom. The molecule has 2 rings (SSSR count). The van der Waals surface area contributed by atoms with Crippen molar-refractivity contribution in [2.24, 2.45) is 0 Å². The summed E-state index contributed by atoms with van der Waals surface area (Å²) in [5, 5.41) is 2.09. The number of benzene rings is 1. The maximum atomic E-state index is 12.2. The standard InChI is InChI=1S/C31H46O6SSi/c1-9-31(10-2,37-39(11-3,12-4)13-5)18-14-15-23(6)28-19-24(22-38-28)21-36-25-16-17-26(29(32)34-7)27(20-25)30(33)35-8/h15-17,19-20,22H,9-14,18,21H2,1-8H3. The van der Waals surface area contributed by atoms with Crippen LogP contribution < -0.4 is 4.74 Å². The molecule has 0 saturated carbocycles. The Bertz CT molecular complexity index is 1110. The number of thiophene rings is 1. The first kappa shape index (κ1) is 32.8. The van der Waals surface area contributed by atoms with Crippen LogP contribution in [0.3, 0.4) is 0 Å². The quantitative estimate of drug-likeness (QED) is 0.148. The van der Waals surface area contributed by atoms with Crippen LogP contribution in [0, 0.1) is 0 Å². The van der Waals surface area contributed by atoms with Crippen molar-refractivity contribution >= 4 is 37.2 Å². The monoisotopic (exact) mass is 574 g/mol. The summed E-state index contributed by atoms with van der Waals surface area (Å²) < 4.78 is 22.6. The van der Waals surface area contributed by atoms with E-state index < -0.39 is 20.3 Å². The maximum absolute atomic E-state index is 12.2. The lowest BCUT2D eigenvalue weighted by molar-refractivity contribution is 0.0397. The summed E-state index contributed by atoms with van der Waals surface area (Å²) in [6.07, 6.45) is 6.45. The zero-order chi connectivity index (χ0) is 29.1. The Morgan fingerprint density at radius 1 is 0.923 bits per heavy atom. The van der Waals surface area contributed by atoms with Crippen molar-refractivity contribution in [3.05, 3.63) is 57.3 Å². The molecule has 0 aliphatic rings. The number of rotatable bonds is 16. The second-order valence-corrected chi connectivity index (χ2v) is 15.6. The van der Waals surface area contributed by atoms with Crippen molar-refractivity contribution in [1.82, 2.24) is 0 Å². The molecule has 0 aliphatic carbocycles. The number of esters is 2. The molecule has 0 atom stereocenters. The Hall–Kier alpha value is -2.42. The number of hydrogen-bond donors (Lipinski definition) is 0. The van der Waals surface area contributed by atoms with E-state index in [-0.39, 0.29) is 16.7 Å². The van der Waals surface area contributed by atoms with Gasteiger partial charge in [0.2, 0.25) is 0 Å². The zero-order valence-electron chi connectivity index (χ0n) is 25.0. The highest BCUT2D eigenvalue weighted by Crippen LogP contribution is 2.36. The molecule has 1 heterocycles. The zero-order valence-corrected chi connectivity index (χ0v) is 26.8. The Kier molecular flexibility index (Phi) is 12.9.